The van der Waals surface area contributed by atoms with Gasteiger partial charge in [-0.1, -0.05) is 0 Å². The predicted molar refractivity (Wildman–Crippen MR) is 28.6 cm³/mol. The van der Waals surface area contributed by atoms with E-state index in [1.807, 2.05) is 0 Å². The molecule has 1 nitrogen and oxygen atoms in total. The molecular weight excluding hydrogens is 86.1 g/mol. The first kappa shape index (κ1) is 3.90. The SMILES string of the molecule is [CH]1CCNC12[CH]C2. The molecular formula is C6H9N. The summed E-state index contributed by atoms with van der Waals surface area (Å²) in [5.41, 5.74) is 0.444. The molecule has 0 aromatic carbocycles. The Morgan fingerprint density at radius 3 is 2.57 bits per heavy atom. The van der Waals surface area contributed by atoms with Gasteiger partial charge < -0.3 is 5.32 Å². The first-order chi connectivity index (χ1) is 3.41. The van der Waals surface area contributed by atoms with Crippen LogP contribution in [0.4, 0.5) is 0 Å². The van der Waals surface area contributed by atoms with Crippen molar-refractivity contribution < 1.29 is 0 Å². The van der Waals surface area contributed by atoms with Crippen LogP contribution in [0.3, 0.4) is 0 Å². The van der Waals surface area contributed by atoms with Gasteiger partial charge in [0.05, 0.1) is 0 Å². The first-order valence-electron chi connectivity index (χ1n) is 2.85. The lowest BCUT2D eigenvalue weighted by Gasteiger charge is -2.00. The van der Waals surface area contributed by atoms with Gasteiger partial charge in [0.1, 0.15) is 0 Å². The van der Waals surface area contributed by atoms with Crippen molar-refractivity contribution in [3.63, 3.8) is 0 Å². The van der Waals surface area contributed by atoms with Gasteiger partial charge in [-0.3, -0.25) is 0 Å². The van der Waals surface area contributed by atoms with Crippen molar-refractivity contribution in [3.8, 4) is 0 Å². The Morgan fingerprint density at radius 1 is 1.43 bits per heavy atom. The minimum Gasteiger partial charge on any atom is -0.311 e. The zero-order valence-electron chi connectivity index (χ0n) is 4.28. The lowest BCUT2D eigenvalue weighted by Crippen LogP contribution is -2.22. The Labute approximate surface area is 44.1 Å². The molecule has 2 radical (unpaired) electrons. The third-order valence-corrected chi connectivity index (χ3v) is 1.75. The highest BCUT2D eigenvalue weighted by molar-refractivity contribution is 5.28. The summed E-state index contributed by atoms with van der Waals surface area (Å²) in [6.45, 7) is 1.19. The molecule has 2 aliphatic rings. The van der Waals surface area contributed by atoms with Gasteiger partial charge in [-0.25, -0.2) is 0 Å². The molecule has 0 amide bonds. The lowest BCUT2D eigenvalue weighted by molar-refractivity contribution is 0.685. The fourth-order valence-corrected chi connectivity index (χ4v) is 1.13. The third kappa shape index (κ3) is 0.480. The molecule has 1 N–H and O–H groups in total. The second kappa shape index (κ2) is 1.03. The smallest absolute Gasteiger partial charge is 0.0249 e. The predicted octanol–water partition coefficient (Wildman–Crippen LogP) is 0.531. The zero-order valence-corrected chi connectivity index (χ0v) is 4.28. The van der Waals surface area contributed by atoms with Crippen molar-refractivity contribution in [2.75, 3.05) is 6.54 Å². The molecule has 0 aromatic rings. The summed E-state index contributed by atoms with van der Waals surface area (Å²) in [6.07, 6.45) is 7.22. The largest absolute Gasteiger partial charge is 0.311 e. The van der Waals surface area contributed by atoms with Crippen molar-refractivity contribution >= 4 is 0 Å². The van der Waals surface area contributed by atoms with Gasteiger partial charge in [-0.15, -0.1) is 0 Å². The maximum absolute atomic E-state index is 3.40. The second-order valence-electron chi connectivity index (χ2n) is 2.37. The summed E-state index contributed by atoms with van der Waals surface area (Å²) >= 11 is 0. The van der Waals surface area contributed by atoms with E-state index in [9.17, 15) is 0 Å². The fraction of sp³-hybridized carbons (Fsp3) is 0.667. The van der Waals surface area contributed by atoms with E-state index in [4.69, 9.17) is 0 Å². The van der Waals surface area contributed by atoms with E-state index in [1.54, 1.807) is 0 Å². The highest BCUT2D eigenvalue weighted by Crippen LogP contribution is 2.40. The summed E-state index contributed by atoms with van der Waals surface area (Å²) in [5, 5.41) is 3.40. The minimum absolute atomic E-state index is 0.444. The van der Waals surface area contributed by atoms with Crippen molar-refractivity contribution in [3.05, 3.63) is 12.8 Å². The van der Waals surface area contributed by atoms with Crippen molar-refractivity contribution in [1.29, 1.82) is 0 Å². The van der Waals surface area contributed by atoms with Crippen molar-refractivity contribution in [1.82, 2.24) is 5.32 Å². The molecule has 0 aromatic heterocycles. The van der Waals surface area contributed by atoms with Crippen LogP contribution in [0.25, 0.3) is 0 Å². The minimum atomic E-state index is 0.444. The van der Waals surface area contributed by atoms with E-state index in [1.165, 1.54) is 19.4 Å². The van der Waals surface area contributed by atoms with E-state index >= 15 is 0 Å². The van der Waals surface area contributed by atoms with Crippen LogP contribution in [0.2, 0.25) is 0 Å². The van der Waals surface area contributed by atoms with Gasteiger partial charge in [-0.05, 0) is 32.2 Å². The molecule has 0 bridgehead atoms. The molecule has 2 fully saturated rings. The van der Waals surface area contributed by atoms with E-state index in [0.29, 0.717) is 5.54 Å². The van der Waals surface area contributed by atoms with Crippen LogP contribution in [-0.4, -0.2) is 12.1 Å². The number of rotatable bonds is 0. The summed E-state index contributed by atoms with van der Waals surface area (Å²) in [6, 6.07) is 0. The standard InChI is InChI=1S/C6H9N/c1-2-6(3-4-6)7-5-1/h2-3,7H,1,4-5H2. The van der Waals surface area contributed by atoms with Crippen LogP contribution < -0.4 is 5.32 Å². The van der Waals surface area contributed by atoms with E-state index < -0.39 is 0 Å². The molecule has 38 valence electrons. The normalized spacial score (nSPS) is 34.3. The first-order valence-corrected chi connectivity index (χ1v) is 2.85. The van der Waals surface area contributed by atoms with E-state index in [0.717, 1.165) is 0 Å². The topological polar surface area (TPSA) is 12.0 Å². The Kier molecular flexibility index (Phi) is 0.571. The van der Waals surface area contributed by atoms with Crippen LogP contribution in [-0.2, 0) is 0 Å². The summed E-state index contributed by atoms with van der Waals surface area (Å²) in [5.74, 6) is 0. The van der Waals surface area contributed by atoms with Gasteiger partial charge in [-0.2, -0.15) is 0 Å². The molecule has 1 unspecified atom stereocenters. The molecule has 1 aliphatic heterocycles. The number of hydrogen-bond acceptors (Lipinski definition) is 1. The molecule has 1 heterocycles. The zero-order chi connectivity index (χ0) is 4.74. The molecule has 1 saturated carbocycles. The third-order valence-electron chi connectivity index (χ3n) is 1.75. The molecule has 1 atom stereocenters. The quantitative estimate of drug-likeness (QED) is 0.463. The van der Waals surface area contributed by atoms with Crippen LogP contribution in [0, 0.1) is 12.8 Å². The number of nitrogens with one attached hydrogen (secondary N) is 1. The maximum Gasteiger partial charge on any atom is 0.0249 e. The van der Waals surface area contributed by atoms with Crippen molar-refractivity contribution in [2.24, 2.45) is 0 Å². The summed E-state index contributed by atoms with van der Waals surface area (Å²) in [7, 11) is 0. The van der Waals surface area contributed by atoms with E-state index in [-0.39, 0.29) is 0 Å². The average Bonchev–Trinajstić information content (AvgIpc) is 2.15. The summed E-state index contributed by atoms with van der Waals surface area (Å²) in [4.78, 5) is 0. The lowest BCUT2D eigenvalue weighted by atomic mass is 10.2. The molecule has 1 spiro atoms. The maximum atomic E-state index is 3.40. The molecule has 7 heavy (non-hydrogen) atoms. The van der Waals surface area contributed by atoms with Crippen LogP contribution in [0.5, 0.6) is 0 Å². The molecule has 1 saturated heterocycles. The molecule has 1 heteroatoms. The van der Waals surface area contributed by atoms with Gasteiger partial charge in [0.15, 0.2) is 0 Å². The van der Waals surface area contributed by atoms with Crippen LogP contribution >= 0.6 is 0 Å². The van der Waals surface area contributed by atoms with Crippen molar-refractivity contribution in [2.45, 2.75) is 18.4 Å². The van der Waals surface area contributed by atoms with Crippen LogP contribution in [0.1, 0.15) is 12.8 Å². The Balaban J connectivity index is 2.07. The van der Waals surface area contributed by atoms with Gasteiger partial charge in [0, 0.05) is 5.54 Å². The van der Waals surface area contributed by atoms with Gasteiger partial charge in [0.25, 0.3) is 0 Å². The molecule has 2 rings (SSSR count). The Bertz CT molecular complexity index is 76.2. The molecule has 1 aliphatic carbocycles. The second-order valence-corrected chi connectivity index (χ2v) is 2.37. The van der Waals surface area contributed by atoms with Gasteiger partial charge in [0.2, 0.25) is 0 Å². The average molecular weight is 95.1 g/mol. The van der Waals surface area contributed by atoms with Gasteiger partial charge >= 0.3 is 0 Å². The Morgan fingerprint density at radius 2 is 2.29 bits per heavy atom. The summed E-state index contributed by atoms with van der Waals surface area (Å²) < 4.78 is 0. The number of hydrogen-bond donors (Lipinski definition) is 1. The van der Waals surface area contributed by atoms with Crippen LogP contribution in [0.15, 0.2) is 0 Å². The Hall–Kier alpha value is -0.0400. The highest BCUT2D eigenvalue weighted by atomic mass is 15.0. The fourth-order valence-electron chi connectivity index (χ4n) is 1.13. The highest BCUT2D eigenvalue weighted by Gasteiger charge is 2.44. The van der Waals surface area contributed by atoms with E-state index in [2.05, 4.69) is 18.2 Å². The monoisotopic (exact) mass is 95.1 g/mol.